The Kier molecular flexibility index (Phi) is 4.21. The van der Waals surface area contributed by atoms with Gasteiger partial charge in [-0.05, 0) is 57.7 Å². The first kappa shape index (κ1) is 13.3. The van der Waals surface area contributed by atoms with Crippen LogP contribution in [0.15, 0.2) is 0 Å². The molecule has 18 heavy (non-hydrogen) atoms. The van der Waals surface area contributed by atoms with E-state index in [2.05, 4.69) is 35.9 Å². The highest BCUT2D eigenvalue weighted by Gasteiger charge is 2.45. The van der Waals surface area contributed by atoms with E-state index in [0.29, 0.717) is 0 Å². The fraction of sp³-hybridized carbons (Fsp3) is 1.00. The second kappa shape index (κ2) is 5.72. The number of rotatable bonds is 4. The van der Waals surface area contributed by atoms with Crippen LogP contribution in [0, 0.1) is 0 Å². The number of piperidine rings is 1. The smallest absolute Gasteiger partial charge is 0.0116 e. The van der Waals surface area contributed by atoms with Gasteiger partial charge in [-0.25, -0.2) is 0 Å². The second-order valence-corrected chi connectivity index (χ2v) is 7.91. The van der Waals surface area contributed by atoms with E-state index < -0.39 is 0 Å². The van der Waals surface area contributed by atoms with Crippen molar-refractivity contribution in [3.05, 3.63) is 0 Å². The molecule has 1 saturated carbocycles. The Morgan fingerprint density at radius 2 is 1.61 bits per heavy atom. The van der Waals surface area contributed by atoms with Gasteiger partial charge in [-0.2, -0.15) is 11.8 Å². The third kappa shape index (κ3) is 2.46. The zero-order valence-electron chi connectivity index (χ0n) is 11.9. The molecule has 2 heterocycles. The Morgan fingerprint density at radius 1 is 1.00 bits per heavy atom. The number of hydrogen-bond donors (Lipinski definition) is 1. The maximum atomic E-state index is 3.51. The lowest BCUT2D eigenvalue weighted by atomic mass is 9.95. The van der Waals surface area contributed by atoms with Crippen molar-refractivity contribution in [2.24, 2.45) is 0 Å². The van der Waals surface area contributed by atoms with Crippen LogP contribution in [-0.2, 0) is 0 Å². The van der Waals surface area contributed by atoms with Crippen LogP contribution in [0.5, 0.6) is 0 Å². The normalized spacial score (nSPS) is 44.7. The van der Waals surface area contributed by atoms with E-state index in [1.54, 1.807) is 0 Å². The number of thioether (sulfide) groups is 1. The van der Waals surface area contributed by atoms with Gasteiger partial charge in [-0.15, -0.1) is 0 Å². The molecular formula is C15H28N2S. The molecule has 4 unspecified atom stereocenters. The lowest BCUT2D eigenvalue weighted by Gasteiger charge is -2.42. The first-order valence-corrected chi connectivity index (χ1v) is 8.93. The van der Waals surface area contributed by atoms with Gasteiger partial charge < -0.3 is 5.32 Å². The summed E-state index contributed by atoms with van der Waals surface area (Å²) in [6, 6.07) is 3.51. The van der Waals surface area contributed by atoms with Gasteiger partial charge in [0.15, 0.2) is 0 Å². The summed E-state index contributed by atoms with van der Waals surface area (Å²) in [7, 11) is 2.14. The minimum Gasteiger partial charge on any atom is -0.317 e. The molecule has 2 saturated heterocycles. The van der Waals surface area contributed by atoms with Crippen molar-refractivity contribution in [2.45, 2.75) is 81.3 Å². The molecule has 0 aromatic carbocycles. The summed E-state index contributed by atoms with van der Waals surface area (Å²) in [5.74, 6) is 1.30. The highest BCUT2D eigenvalue weighted by molar-refractivity contribution is 7.99. The van der Waals surface area contributed by atoms with Crippen molar-refractivity contribution in [3.63, 3.8) is 0 Å². The monoisotopic (exact) mass is 268 g/mol. The second-order valence-electron chi connectivity index (χ2n) is 6.33. The molecule has 1 N–H and O–H groups in total. The minimum absolute atomic E-state index is 0.793. The van der Waals surface area contributed by atoms with Gasteiger partial charge in [0.1, 0.15) is 0 Å². The van der Waals surface area contributed by atoms with Crippen LogP contribution in [0.2, 0.25) is 0 Å². The van der Waals surface area contributed by atoms with Crippen LogP contribution < -0.4 is 5.32 Å². The molecule has 2 nitrogen and oxygen atoms in total. The summed E-state index contributed by atoms with van der Waals surface area (Å²) in [5, 5.41) is 4.47. The first-order valence-electron chi connectivity index (χ1n) is 7.88. The molecule has 0 aromatic heterocycles. The predicted octanol–water partition coefficient (Wildman–Crippen LogP) is 2.88. The molecule has 1 aliphatic carbocycles. The van der Waals surface area contributed by atoms with E-state index in [4.69, 9.17) is 0 Å². The van der Waals surface area contributed by atoms with Crippen LogP contribution in [0.25, 0.3) is 0 Å². The molecule has 2 bridgehead atoms. The highest BCUT2D eigenvalue weighted by Crippen LogP contribution is 2.42. The molecule has 3 rings (SSSR count). The Labute approximate surface area is 116 Å². The van der Waals surface area contributed by atoms with Crippen molar-refractivity contribution in [1.82, 2.24) is 10.2 Å². The molecule has 0 spiro atoms. The van der Waals surface area contributed by atoms with Gasteiger partial charge in [0.25, 0.3) is 0 Å². The molecule has 4 atom stereocenters. The quantitative estimate of drug-likeness (QED) is 0.844. The van der Waals surface area contributed by atoms with Gasteiger partial charge >= 0.3 is 0 Å². The number of nitrogens with one attached hydrogen (secondary N) is 1. The van der Waals surface area contributed by atoms with Gasteiger partial charge in [-0.3, -0.25) is 4.90 Å². The molecule has 0 amide bonds. The summed E-state index contributed by atoms with van der Waals surface area (Å²) >= 11 is 2.20. The summed E-state index contributed by atoms with van der Waals surface area (Å²) in [4.78, 5) is 2.95. The van der Waals surface area contributed by atoms with E-state index in [1.807, 2.05) is 0 Å². The van der Waals surface area contributed by atoms with E-state index >= 15 is 0 Å². The summed E-state index contributed by atoms with van der Waals surface area (Å²) in [5.41, 5.74) is 0. The predicted molar refractivity (Wildman–Crippen MR) is 80.3 cm³/mol. The first-order chi connectivity index (χ1) is 8.81. The zero-order valence-corrected chi connectivity index (χ0v) is 12.7. The van der Waals surface area contributed by atoms with E-state index in [0.717, 1.165) is 29.4 Å². The Morgan fingerprint density at radius 3 is 2.22 bits per heavy atom. The van der Waals surface area contributed by atoms with Crippen LogP contribution in [0.3, 0.4) is 0 Å². The summed E-state index contributed by atoms with van der Waals surface area (Å²) in [6.07, 6.45) is 10.1. The highest BCUT2D eigenvalue weighted by atomic mass is 32.2. The Balaban J connectivity index is 1.61. The molecular weight excluding hydrogens is 240 g/mol. The summed E-state index contributed by atoms with van der Waals surface area (Å²) < 4.78 is 0. The van der Waals surface area contributed by atoms with Crippen LogP contribution in [-0.4, -0.2) is 47.1 Å². The van der Waals surface area contributed by atoms with Crippen LogP contribution in [0.4, 0.5) is 0 Å². The topological polar surface area (TPSA) is 15.3 Å². The van der Waals surface area contributed by atoms with Crippen LogP contribution in [0.1, 0.15) is 51.9 Å². The van der Waals surface area contributed by atoms with Gasteiger partial charge in [-0.1, -0.05) is 6.92 Å². The van der Waals surface area contributed by atoms with Gasteiger partial charge in [0.05, 0.1) is 0 Å². The van der Waals surface area contributed by atoms with Crippen molar-refractivity contribution < 1.29 is 0 Å². The van der Waals surface area contributed by atoms with Crippen molar-refractivity contribution in [1.29, 1.82) is 0 Å². The van der Waals surface area contributed by atoms with Crippen molar-refractivity contribution in [2.75, 3.05) is 12.8 Å². The average molecular weight is 268 g/mol. The molecule has 3 fully saturated rings. The van der Waals surface area contributed by atoms with Crippen molar-refractivity contribution >= 4 is 11.8 Å². The van der Waals surface area contributed by atoms with E-state index in [1.165, 1.54) is 50.7 Å². The number of hydrogen-bond acceptors (Lipinski definition) is 3. The largest absolute Gasteiger partial charge is 0.317 e. The third-order valence-electron chi connectivity index (χ3n) is 5.38. The molecule has 0 radical (unpaired) electrons. The fourth-order valence-corrected chi connectivity index (χ4v) is 5.75. The lowest BCUT2D eigenvalue weighted by Crippen LogP contribution is -2.52. The fourth-order valence-electron chi connectivity index (χ4n) is 4.62. The van der Waals surface area contributed by atoms with Crippen molar-refractivity contribution in [3.8, 4) is 0 Å². The minimum atomic E-state index is 0.793. The molecule has 0 aromatic rings. The average Bonchev–Trinajstić information content (AvgIpc) is 2.92. The standard InChI is InChI=1S/C15H28N2S/c1-3-18-15-7-6-14(10-15)17-12-4-5-13(17)9-11(8-12)16-2/h11-16H,3-10H2,1-2H3. The molecule has 3 heteroatoms. The lowest BCUT2D eigenvalue weighted by molar-refractivity contribution is 0.0741. The van der Waals surface area contributed by atoms with Crippen LogP contribution >= 0.6 is 11.8 Å². The number of fused-ring (bicyclic) bond motifs is 2. The maximum absolute atomic E-state index is 3.51. The zero-order chi connectivity index (χ0) is 12.5. The third-order valence-corrected chi connectivity index (χ3v) is 6.61. The molecule has 104 valence electrons. The summed E-state index contributed by atoms with van der Waals surface area (Å²) in [6.45, 7) is 2.31. The van der Waals surface area contributed by atoms with Gasteiger partial charge in [0.2, 0.25) is 0 Å². The Hall–Kier alpha value is 0.270. The maximum Gasteiger partial charge on any atom is 0.0116 e. The van der Waals surface area contributed by atoms with E-state index in [9.17, 15) is 0 Å². The number of nitrogens with zero attached hydrogens (tertiary/aromatic N) is 1. The Bertz CT molecular complexity index is 270. The van der Waals surface area contributed by atoms with E-state index in [-0.39, 0.29) is 0 Å². The molecule has 2 aliphatic heterocycles. The molecule has 3 aliphatic rings. The SMILES string of the molecule is CCSC1CCC(N2C3CCC2CC(NC)C3)C1. The van der Waals surface area contributed by atoms with Gasteiger partial charge in [0, 0.05) is 29.4 Å².